The molecule has 1 aromatic carbocycles. The molecule has 1 fully saturated rings. The Hall–Kier alpha value is -2.15. The minimum absolute atomic E-state index is 0.137. The van der Waals surface area contributed by atoms with Gasteiger partial charge in [0, 0.05) is 17.7 Å². The summed E-state index contributed by atoms with van der Waals surface area (Å²) in [6.45, 7) is 1.95. The summed E-state index contributed by atoms with van der Waals surface area (Å²) in [6.07, 6.45) is 3.61. The van der Waals surface area contributed by atoms with Gasteiger partial charge < -0.3 is 9.84 Å². The summed E-state index contributed by atoms with van der Waals surface area (Å²) in [5, 5.41) is 6.48. The topological polar surface area (TPSA) is 89.3 Å². The first kappa shape index (κ1) is 16.7. The van der Waals surface area contributed by atoms with E-state index >= 15 is 0 Å². The molecule has 7 heteroatoms. The van der Waals surface area contributed by atoms with Crippen LogP contribution in [0.4, 0.5) is 5.69 Å². The summed E-state index contributed by atoms with van der Waals surface area (Å²) >= 11 is 0. The Kier molecular flexibility index (Phi) is 4.71. The van der Waals surface area contributed by atoms with Gasteiger partial charge in [0.15, 0.2) is 15.5 Å². The number of amides is 1. The number of nitrogens with one attached hydrogen (secondary N) is 1. The fourth-order valence-electron chi connectivity index (χ4n) is 2.35. The number of nitrogens with zero attached hydrogens (tertiary/aromatic N) is 1. The highest BCUT2D eigenvalue weighted by Gasteiger charge is 2.28. The highest BCUT2D eigenvalue weighted by atomic mass is 32.2. The van der Waals surface area contributed by atoms with Crippen LogP contribution >= 0.6 is 0 Å². The van der Waals surface area contributed by atoms with Crippen LogP contribution in [0, 0.1) is 0 Å². The van der Waals surface area contributed by atoms with Crippen molar-refractivity contribution in [2.75, 3.05) is 11.1 Å². The molecule has 3 rings (SSSR count). The molecule has 1 amide bonds. The van der Waals surface area contributed by atoms with Gasteiger partial charge in [-0.15, -0.1) is 0 Å². The third-order valence-corrected chi connectivity index (χ3v) is 5.80. The van der Waals surface area contributed by atoms with Gasteiger partial charge in [0.25, 0.3) is 5.91 Å². The lowest BCUT2D eigenvalue weighted by Crippen LogP contribution is -2.12. The van der Waals surface area contributed by atoms with Crippen molar-refractivity contribution in [3.63, 3.8) is 0 Å². The molecule has 1 aliphatic rings. The van der Waals surface area contributed by atoms with Crippen LogP contribution in [0.25, 0.3) is 0 Å². The Morgan fingerprint density at radius 3 is 2.62 bits per heavy atom. The Labute approximate surface area is 141 Å². The molecule has 1 aliphatic carbocycles. The molecule has 6 nitrogen and oxygen atoms in total. The van der Waals surface area contributed by atoms with Gasteiger partial charge in [-0.05, 0) is 43.5 Å². The van der Waals surface area contributed by atoms with Crippen LogP contribution < -0.4 is 5.32 Å². The van der Waals surface area contributed by atoms with E-state index in [1.165, 1.54) is 12.1 Å². The van der Waals surface area contributed by atoms with Crippen LogP contribution in [0.5, 0.6) is 0 Å². The zero-order chi connectivity index (χ0) is 17.2. The maximum Gasteiger partial charge on any atom is 0.277 e. The number of hydrogen-bond donors (Lipinski definition) is 1. The summed E-state index contributed by atoms with van der Waals surface area (Å²) in [5.41, 5.74) is 0.752. The Bertz CT molecular complexity index is 821. The fourth-order valence-corrected chi connectivity index (χ4v) is 3.80. The lowest BCUT2D eigenvalue weighted by Gasteiger charge is -2.06. The van der Waals surface area contributed by atoms with Crippen LogP contribution in [-0.2, 0) is 9.84 Å². The fraction of sp³-hybridized carbons (Fsp3) is 0.412. The number of unbranched alkanes of at least 4 members (excludes halogenated alkanes) is 1. The molecule has 2 aromatic rings. The molecule has 24 heavy (non-hydrogen) atoms. The second-order valence-electron chi connectivity index (χ2n) is 6.04. The Morgan fingerprint density at radius 1 is 1.29 bits per heavy atom. The van der Waals surface area contributed by atoms with Crippen LogP contribution in [0.2, 0.25) is 0 Å². The van der Waals surface area contributed by atoms with E-state index in [2.05, 4.69) is 10.5 Å². The number of carbonyl (C=O) groups is 1. The van der Waals surface area contributed by atoms with Crippen LogP contribution in [0.15, 0.2) is 39.8 Å². The van der Waals surface area contributed by atoms with E-state index < -0.39 is 9.84 Å². The zero-order valence-electron chi connectivity index (χ0n) is 13.5. The molecular formula is C17H20N2O4S. The van der Waals surface area contributed by atoms with Crippen LogP contribution in [0.1, 0.15) is 54.8 Å². The van der Waals surface area contributed by atoms with Crippen molar-refractivity contribution in [2.24, 2.45) is 0 Å². The van der Waals surface area contributed by atoms with E-state index in [9.17, 15) is 13.2 Å². The molecule has 0 saturated heterocycles. The van der Waals surface area contributed by atoms with Crippen molar-refractivity contribution in [3.8, 4) is 0 Å². The van der Waals surface area contributed by atoms with Gasteiger partial charge in [-0.25, -0.2) is 8.42 Å². The molecule has 0 atom stereocenters. The third kappa shape index (κ3) is 3.84. The molecular weight excluding hydrogens is 328 g/mol. The van der Waals surface area contributed by atoms with E-state index in [1.807, 2.05) is 6.92 Å². The molecule has 0 spiro atoms. The van der Waals surface area contributed by atoms with Crippen molar-refractivity contribution in [2.45, 2.75) is 43.4 Å². The molecule has 1 heterocycles. The molecule has 1 aromatic heterocycles. The van der Waals surface area contributed by atoms with Crippen molar-refractivity contribution in [1.29, 1.82) is 0 Å². The van der Waals surface area contributed by atoms with E-state index in [1.54, 1.807) is 18.2 Å². The van der Waals surface area contributed by atoms with E-state index in [0.29, 0.717) is 18.0 Å². The third-order valence-electron chi connectivity index (χ3n) is 3.98. The average molecular weight is 348 g/mol. The monoisotopic (exact) mass is 348 g/mol. The summed E-state index contributed by atoms with van der Waals surface area (Å²) in [7, 11) is -3.26. The lowest BCUT2D eigenvalue weighted by atomic mass is 10.2. The van der Waals surface area contributed by atoms with Gasteiger partial charge in [-0.2, -0.15) is 0 Å². The number of aromatic nitrogens is 1. The number of hydrogen-bond acceptors (Lipinski definition) is 5. The van der Waals surface area contributed by atoms with Gasteiger partial charge >= 0.3 is 0 Å². The first-order chi connectivity index (χ1) is 11.5. The van der Waals surface area contributed by atoms with Gasteiger partial charge in [0.1, 0.15) is 5.76 Å². The van der Waals surface area contributed by atoms with Gasteiger partial charge in [0.2, 0.25) is 0 Å². The maximum atomic E-state index is 12.1. The number of anilines is 1. The van der Waals surface area contributed by atoms with Gasteiger partial charge in [0.05, 0.1) is 10.6 Å². The normalized spacial score (nSPS) is 14.5. The van der Waals surface area contributed by atoms with E-state index in [4.69, 9.17) is 4.52 Å². The van der Waals surface area contributed by atoms with Crippen LogP contribution in [-0.4, -0.2) is 25.2 Å². The average Bonchev–Trinajstić information content (AvgIpc) is 3.30. The van der Waals surface area contributed by atoms with E-state index in [0.717, 1.165) is 25.0 Å². The smallest absolute Gasteiger partial charge is 0.277 e. The van der Waals surface area contributed by atoms with Crippen molar-refractivity contribution >= 4 is 21.4 Å². The van der Waals surface area contributed by atoms with Gasteiger partial charge in [-0.3, -0.25) is 4.79 Å². The molecule has 1 saturated carbocycles. The molecule has 0 radical (unpaired) electrons. The second kappa shape index (κ2) is 6.76. The highest BCUT2D eigenvalue weighted by molar-refractivity contribution is 7.91. The summed E-state index contributed by atoms with van der Waals surface area (Å²) < 4.78 is 29.4. The van der Waals surface area contributed by atoms with Crippen molar-refractivity contribution in [1.82, 2.24) is 5.16 Å². The maximum absolute atomic E-state index is 12.1. The summed E-state index contributed by atoms with van der Waals surface area (Å²) in [4.78, 5) is 12.4. The number of rotatable bonds is 7. The Morgan fingerprint density at radius 2 is 2.00 bits per heavy atom. The SMILES string of the molecule is CCCCS(=O)(=O)c1ccc(NC(=O)c2cc(C3CC3)on2)cc1. The lowest BCUT2D eigenvalue weighted by molar-refractivity contribution is 0.101. The molecule has 128 valence electrons. The molecule has 0 aliphatic heterocycles. The second-order valence-corrected chi connectivity index (χ2v) is 8.15. The van der Waals surface area contributed by atoms with Gasteiger partial charge in [-0.1, -0.05) is 18.5 Å². The standard InChI is InChI=1S/C17H20N2O4S/c1-2-3-10-24(21,22)14-8-6-13(7-9-14)18-17(20)15-11-16(23-19-15)12-4-5-12/h6-9,11-12H,2-5,10H2,1H3,(H,18,20). The van der Waals surface area contributed by atoms with Crippen LogP contribution in [0.3, 0.4) is 0 Å². The highest BCUT2D eigenvalue weighted by Crippen LogP contribution is 2.40. The zero-order valence-corrected chi connectivity index (χ0v) is 14.3. The first-order valence-corrected chi connectivity index (χ1v) is 9.75. The molecule has 1 N–H and O–H groups in total. The van der Waals surface area contributed by atoms with Crippen molar-refractivity contribution in [3.05, 3.63) is 41.8 Å². The van der Waals surface area contributed by atoms with Crippen molar-refractivity contribution < 1.29 is 17.7 Å². The number of benzene rings is 1. The predicted molar refractivity (Wildman–Crippen MR) is 89.8 cm³/mol. The minimum atomic E-state index is -3.26. The number of sulfone groups is 1. The summed E-state index contributed by atoms with van der Waals surface area (Å²) in [6, 6.07) is 7.85. The quantitative estimate of drug-likeness (QED) is 0.828. The van der Waals surface area contributed by atoms with E-state index in [-0.39, 0.29) is 22.2 Å². The first-order valence-electron chi connectivity index (χ1n) is 8.10. The number of carbonyl (C=O) groups excluding carboxylic acids is 1. The molecule has 0 bridgehead atoms. The largest absolute Gasteiger partial charge is 0.360 e. The summed E-state index contributed by atoms with van der Waals surface area (Å²) in [5.74, 6) is 0.911. The predicted octanol–water partition coefficient (Wildman–Crippen LogP) is 3.38. The Balaban J connectivity index is 1.65. The molecule has 0 unspecified atom stereocenters. The minimum Gasteiger partial charge on any atom is -0.360 e.